The van der Waals surface area contributed by atoms with Crippen molar-refractivity contribution in [1.82, 2.24) is 0 Å². The van der Waals surface area contributed by atoms with Gasteiger partial charge in [0.05, 0.1) is 5.75 Å². The predicted molar refractivity (Wildman–Crippen MR) is 28.2 cm³/mol. The molecule has 8 heavy (non-hydrogen) atoms. The first kappa shape index (κ1) is 11.6. The van der Waals surface area contributed by atoms with Gasteiger partial charge >= 0.3 is 18.9 Å². The maximum absolute atomic E-state index is 9.70. The molecule has 0 saturated carbocycles. The summed E-state index contributed by atoms with van der Waals surface area (Å²) in [5, 5.41) is 0. The minimum absolute atomic E-state index is 0. The van der Waals surface area contributed by atoms with Crippen LogP contribution in [0, 0.1) is 0 Å². The fraction of sp³-hybridized carbons (Fsp3) is 1.00. The number of hydrogen-bond donors (Lipinski definition) is 1. The van der Waals surface area contributed by atoms with Crippen LogP contribution in [-0.2, 0) is 10.1 Å². The van der Waals surface area contributed by atoms with E-state index in [0.29, 0.717) is 0 Å². The van der Waals surface area contributed by atoms with Gasteiger partial charge in [0, 0.05) is 5.88 Å². The van der Waals surface area contributed by atoms with E-state index in [1.165, 1.54) is 0 Å². The molecule has 0 aliphatic rings. The zero-order chi connectivity index (χ0) is 5.91. The first-order valence-electron chi connectivity index (χ1n) is 1.57. The topological polar surface area (TPSA) is 54.4 Å². The molecule has 0 amide bonds. The molecule has 0 spiro atoms. The van der Waals surface area contributed by atoms with Crippen molar-refractivity contribution in [2.45, 2.75) is 0 Å². The molecule has 0 heterocycles. The Morgan fingerprint density at radius 1 is 1.62 bits per heavy atom. The normalized spacial score (nSPS) is 10.2. The van der Waals surface area contributed by atoms with Crippen LogP contribution in [0.15, 0.2) is 0 Å². The zero-order valence-corrected chi connectivity index (χ0v) is 6.04. The Kier molecular flexibility index (Phi) is 6.74. The van der Waals surface area contributed by atoms with Crippen molar-refractivity contribution in [1.29, 1.82) is 0 Å². The van der Waals surface area contributed by atoms with Crippen molar-refractivity contribution in [3.05, 3.63) is 0 Å². The minimum Gasteiger partial charge on any atom is -1.00 e. The van der Waals surface area contributed by atoms with Crippen LogP contribution < -0.4 is 18.9 Å². The molecule has 6 heteroatoms. The summed E-state index contributed by atoms with van der Waals surface area (Å²) in [7, 11) is -3.81. The predicted octanol–water partition coefficient (Wildman–Crippen LogP) is -2.77. The van der Waals surface area contributed by atoms with Gasteiger partial charge in [-0.2, -0.15) is 8.42 Å². The molecule has 0 aliphatic carbocycles. The van der Waals surface area contributed by atoms with E-state index in [4.69, 9.17) is 16.2 Å². The van der Waals surface area contributed by atoms with Crippen LogP contribution in [0.4, 0.5) is 0 Å². The van der Waals surface area contributed by atoms with Gasteiger partial charge in [-0.15, -0.1) is 11.6 Å². The molecule has 0 radical (unpaired) electrons. The Bertz CT molecular complexity index is 135. The quantitative estimate of drug-likeness (QED) is 0.265. The molecule has 0 aromatic rings. The molecule has 0 rings (SSSR count). The summed E-state index contributed by atoms with van der Waals surface area (Å²) in [5.41, 5.74) is 0. The van der Waals surface area contributed by atoms with Gasteiger partial charge in [0.1, 0.15) is 0 Å². The maximum Gasteiger partial charge on any atom is 1.00 e. The average Bonchev–Trinajstić information content (AvgIpc) is 1.30. The minimum atomic E-state index is -3.81. The van der Waals surface area contributed by atoms with Crippen molar-refractivity contribution in [3.8, 4) is 0 Å². The van der Waals surface area contributed by atoms with Crippen LogP contribution in [0.3, 0.4) is 0 Å². The maximum atomic E-state index is 9.70. The number of hydrogen-bond acceptors (Lipinski definition) is 2. The molecule has 0 saturated heterocycles. The summed E-state index contributed by atoms with van der Waals surface area (Å²) >= 11 is 4.95. The molecular weight excluding hydrogens is 146 g/mol. The standard InChI is InChI=1S/C2H5ClO3S.Li.H/c3-1-2-7(4,5)6;;/h1-2H2,(H,4,5,6);;/q;+1;-1. The fourth-order valence-corrected chi connectivity index (χ4v) is 0.877. The molecule has 46 valence electrons. The Balaban J connectivity index is -0.000000180. The molecule has 1 N–H and O–H groups in total. The molecule has 0 atom stereocenters. The van der Waals surface area contributed by atoms with Crippen LogP contribution in [0.1, 0.15) is 1.43 Å². The first-order valence-corrected chi connectivity index (χ1v) is 3.72. The van der Waals surface area contributed by atoms with Crippen LogP contribution in [0.25, 0.3) is 0 Å². The summed E-state index contributed by atoms with van der Waals surface area (Å²) in [6, 6.07) is 0. The summed E-state index contributed by atoms with van der Waals surface area (Å²) in [5.74, 6) is -0.423. The van der Waals surface area contributed by atoms with Gasteiger partial charge in [-0.3, -0.25) is 4.55 Å². The van der Waals surface area contributed by atoms with Gasteiger partial charge < -0.3 is 1.43 Å². The van der Waals surface area contributed by atoms with Crippen molar-refractivity contribution in [2.75, 3.05) is 11.6 Å². The second-order valence-electron chi connectivity index (χ2n) is 0.975. The van der Waals surface area contributed by atoms with Crippen molar-refractivity contribution < 1.29 is 33.3 Å². The van der Waals surface area contributed by atoms with Gasteiger partial charge in [0.15, 0.2) is 0 Å². The SMILES string of the molecule is O=S(=O)(O)CCCl.[H-].[Li+]. The molecular formula is C2H6ClLiO3S. The van der Waals surface area contributed by atoms with Gasteiger partial charge in [0.25, 0.3) is 10.1 Å². The van der Waals surface area contributed by atoms with Crippen LogP contribution in [-0.4, -0.2) is 24.6 Å². The van der Waals surface area contributed by atoms with Crippen LogP contribution in [0.5, 0.6) is 0 Å². The number of halogens is 1. The third-order valence-corrected chi connectivity index (χ3v) is 1.47. The Labute approximate surface area is 66.8 Å². The molecule has 0 bridgehead atoms. The second kappa shape index (κ2) is 4.66. The van der Waals surface area contributed by atoms with E-state index < -0.39 is 10.1 Å². The van der Waals surface area contributed by atoms with Crippen molar-refractivity contribution in [2.24, 2.45) is 0 Å². The van der Waals surface area contributed by atoms with Gasteiger partial charge in [-0.05, 0) is 0 Å². The van der Waals surface area contributed by atoms with Crippen molar-refractivity contribution >= 4 is 21.7 Å². The van der Waals surface area contributed by atoms with E-state index in [1.807, 2.05) is 0 Å². The molecule has 0 aliphatic heterocycles. The van der Waals surface area contributed by atoms with Crippen molar-refractivity contribution in [3.63, 3.8) is 0 Å². The molecule has 3 nitrogen and oxygen atoms in total. The molecule has 0 aromatic heterocycles. The van der Waals surface area contributed by atoms with Gasteiger partial charge in [-0.1, -0.05) is 0 Å². The average molecular weight is 153 g/mol. The first-order chi connectivity index (χ1) is 3.06. The smallest absolute Gasteiger partial charge is 1.00 e. The largest absolute Gasteiger partial charge is 1.00 e. The Morgan fingerprint density at radius 2 is 2.00 bits per heavy atom. The fourth-order valence-electron chi connectivity index (χ4n) is 0.0975. The Hall–Kier alpha value is 0.797. The molecule has 0 unspecified atom stereocenters. The molecule has 0 aromatic carbocycles. The van der Waals surface area contributed by atoms with Crippen LogP contribution >= 0.6 is 11.6 Å². The number of rotatable bonds is 2. The van der Waals surface area contributed by atoms with Gasteiger partial charge in [-0.25, -0.2) is 0 Å². The second-order valence-corrected chi connectivity index (χ2v) is 2.93. The number of alkyl halides is 1. The summed E-state index contributed by atoms with van der Waals surface area (Å²) in [6.07, 6.45) is 0. The molecule has 0 fully saturated rings. The summed E-state index contributed by atoms with van der Waals surface area (Å²) in [4.78, 5) is 0. The van der Waals surface area contributed by atoms with E-state index in [2.05, 4.69) is 0 Å². The van der Waals surface area contributed by atoms with E-state index >= 15 is 0 Å². The van der Waals surface area contributed by atoms with Gasteiger partial charge in [0.2, 0.25) is 0 Å². The van der Waals surface area contributed by atoms with E-state index in [0.717, 1.165) is 0 Å². The third kappa shape index (κ3) is 9.93. The van der Waals surface area contributed by atoms with E-state index in [1.54, 1.807) is 0 Å². The zero-order valence-electron chi connectivity index (χ0n) is 5.46. The summed E-state index contributed by atoms with van der Waals surface area (Å²) < 4.78 is 27.3. The van der Waals surface area contributed by atoms with Crippen LogP contribution in [0.2, 0.25) is 0 Å². The summed E-state index contributed by atoms with van der Waals surface area (Å²) in [6.45, 7) is 0. The third-order valence-electron chi connectivity index (χ3n) is 0.335. The van der Waals surface area contributed by atoms with E-state index in [-0.39, 0.29) is 31.9 Å². The monoisotopic (exact) mass is 152 g/mol. The van der Waals surface area contributed by atoms with E-state index in [9.17, 15) is 8.42 Å². The Morgan fingerprint density at radius 3 is 2.00 bits per heavy atom.